The molecule has 2 aromatic heterocycles. The topological polar surface area (TPSA) is 42.7 Å². The third kappa shape index (κ3) is 3.43. The monoisotopic (exact) mass is 362 g/mol. The van der Waals surface area contributed by atoms with Gasteiger partial charge in [0.1, 0.15) is 5.15 Å². The maximum absolute atomic E-state index is 5.87. The molecule has 0 spiro atoms. The van der Waals surface area contributed by atoms with Gasteiger partial charge in [0, 0.05) is 18.9 Å². The Kier molecular flexibility index (Phi) is 4.22. The molecule has 0 fully saturated rings. The molecule has 0 saturated heterocycles. The smallest absolute Gasteiger partial charge is 0.143 e. The molecular weight excluding hydrogens is 352 g/mol. The first-order chi connectivity index (χ1) is 10.2. The van der Waals surface area contributed by atoms with Crippen molar-refractivity contribution < 1.29 is 0 Å². The molecule has 0 amide bonds. The zero-order chi connectivity index (χ0) is 14.7. The van der Waals surface area contributed by atoms with Crippen molar-refractivity contribution in [2.24, 2.45) is 0 Å². The van der Waals surface area contributed by atoms with Crippen molar-refractivity contribution in [3.63, 3.8) is 0 Å². The number of pyridine rings is 1. The van der Waals surface area contributed by atoms with E-state index in [1.54, 1.807) is 12.4 Å². The molecule has 1 N–H and O–H groups in total. The first-order valence-electron chi connectivity index (χ1n) is 6.36. The van der Waals surface area contributed by atoms with Crippen LogP contribution >= 0.6 is 27.5 Å². The van der Waals surface area contributed by atoms with E-state index in [-0.39, 0.29) is 0 Å². The summed E-state index contributed by atoms with van der Waals surface area (Å²) in [4.78, 5) is 4.08. The van der Waals surface area contributed by atoms with Crippen LogP contribution in [0.25, 0.3) is 5.69 Å². The first kappa shape index (κ1) is 14.1. The van der Waals surface area contributed by atoms with Gasteiger partial charge in [0.25, 0.3) is 0 Å². The average Bonchev–Trinajstić information content (AvgIpc) is 3.03. The van der Waals surface area contributed by atoms with Crippen LogP contribution in [0.4, 0.5) is 5.69 Å². The van der Waals surface area contributed by atoms with Gasteiger partial charge in [-0.2, -0.15) is 5.10 Å². The minimum atomic E-state index is 0.462. The summed E-state index contributed by atoms with van der Waals surface area (Å²) in [7, 11) is 0. The van der Waals surface area contributed by atoms with Crippen molar-refractivity contribution in [3.8, 4) is 5.69 Å². The maximum Gasteiger partial charge on any atom is 0.143 e. The molecule has 3 aromatic rings. The van der Waals surface area contributed by atoms with E-state index in [9.17, 15) is 0 Å². The van der Waals surface area contributed by atoms with Gasteiger partial charge < -0.3 is 5.32 Å². The zero-order valence-electron chi connectivity index (χ0n) is 11.0. The Labute approximate surface area is 135 Å². The Morgan fingerprint density at radius 3 is 2.71 bits per heavy atom. The maximum atomic E-state index is 5.87. The highest BCUT2D eigenvalue weighted by atomic mass is 79.9. The van der Waals surface area contributed by atoms with E-state index >= 15 is 0 Å². The van der Waals surface area contributed by atoms with E-state index in [2.05, 4.69) is 43.5 Å². The van der Waals surface area contributed by atoms with E-state index in [0.717, 1.165) is 22.4 Å². The molecule has 0 aliphatic rings. The van der Waals surface area contributed by atoms with Crippen molar-refractivity contribution in [2.75, 3.05) is 5.32 Å². The van der Waals surface area contributed by atoms with Gasteiger partial charge in [0.2, 0.25) is 0 Å². The fourth-order valence-electron chi connectivity index (χ4n) is 1.91. The Morgan fingerprint density at radius 2 is 2.05 bits per heavy atom. The highest BCUT2D eigenvalue weighted by molar-refractivity contribution is 9.10. The van der Waals surface area contributed by atoms with Crippen LogP contribution in [0.5, 0.6) is 0 Å². The number of nitrogens with one attached hydrogen (secondary N) is 1. The van der Waals surface area contributed by atoms with Crippen LogP contribution in [0.15, 0.2) is 59.5 Å². The van der Waals surface area contributed by atoms with Gasteiger partial charge >= 0.3 is 0 Å². The Morgan fingerprint density at radius 1 is 1.24 bits per heavy atom. The van der Waals surface area contributed by atoms with E-state index in [1.807, 2.05) is 35.1 Å². The highest BCUT2D eigenvalue weighted by Crippen LogP contribution is 2.23. The molecule has 4 nitrogen and oxygen atoms in total. The van der Waals surface area contributed by atoms with E-state index in [0.29, 0.717) is 5.15 Å². The molecule has 0 aliphatic heterocycles. The quantitative estimate of drug-likeness (QED) is 0.703. The highest BCUT2D eigenvalue weighted by Gasteiger charge is 2.01. The molecule has 0 bridgehead atoms. The second-order valence-corrected chi connectivity index (χ2v) is 5.68. The van der Waals surface area contributed by atoms with Gasteiger partial charge in [-0.1, -0.05) is 23.7 Å². The van der Waals surface area contributed by atoms with Crippen molar-refractivity contribution in [1.29, 1.82) is 0 Å². The van der Waals surface area contributed by atoms with Gasteiger partial charge in [0.05, 0.1) is 22.0 Å². The zero-order valence-corrected chi connectivity index (χ0v) is 13.3. The number of hydrogen-bond donors (Lipinski definition) is 1. The summed E-state index contributed by atoms with van der Waals surface area (Å²) < 4.78 is 2.61. The van der Waals surface area contributed by atoms with Crippen molar-refractivity contribution in [2.45, 2.75) is 6.54 Å². The SMILES string of the molecule is Clc1ncc(NCc2ccc(-n3cccn3)cc2)cc1Br. The summed E-state index contributed by atoms with van der Waals surface area (Å²) in [6.45, 7) is 0.717. The summed E-state index contributed by atoms with van der Waals surface area (Å²) in [5, 5.41) is 7.97. The van der Waals surface area contributed by atoms with Crippen LogP contribution in [0, 0.1) is 0 Å². The molecule has 3 rings (SSSR count). The van der Waals surface area contributed by atoms with Crippen LogP contribution in [-0.2, 0) is 6.54 Å². The van der Waals surface area contributed by atoms with E-state index < -0.39 is 0 Å². The van der Waals surface area contributed by atoms with Gasteiger partial charge in [0.15, 0.2) is 0 Å². The Balaban J connectivity index is 1.66. The van der Waals surface area contributed by atoms with E-state index in [4.69, 9.17) is 11.6 Å². The van der Waals surface area contributed by atoms with E-state index in [1.165, 1.54) is 5.56 Å². The number of hydrogen-bond acceptors (Lipinski definition) is 3. The van der Waals surface area contributed by atoms with Crippen LogP contribution < -0.4 is 5.32 Å². The summed E-state index contributed by atoms with van der Waals surface area (Å²) in [6.07, 6.45) is 5.40. The lowest BCUT2D eigenvalue weighted by Gasteiger charge is -2.08. The summed E-state index contributed by atoms with van der Waals surface area (Å²) in [5.41, 5.74) is 3.14. The molecule has 6 heteroatoms. The normalized spacial score (nSPS) is 10.6. The molecule has 0 aliphatic carbocycles. The largest absolute Gasteiger partial charge is 0.380 e. The molecule has 106 valence electrons. The van der Waals surface area contributed by atoms with Crippen LogP contribution in [0.3, 0.4) is 0 Å². The number of nitrogens with zero attached hydrogens (tertiary/aromatic N) is 3. The number of benzene rings is 1. The predicted octanol–water partition coefficient (Wildman–Crippen LogP) is 4.30. The summed E-state index contributed by atoms with van der Waals surface area (Å²) in [5.74, 6) is 0. The summed E-state index contributed by atoms with van der Waals surface area (Å²) >= 11 is 9.23. The fraction of sp³-hybridized carbons (Fsp3) is 0.0667. The lowest BCUT2D eigenvalue weighted by molar-refractivity contribution is 0.879. The van der Waals surface area contributed by atoms with Gasteiger partial charge in [-0.25, -0.2) is 9.67 Å². The third-order valence-corrected chi connectivity index (χ3v) is 4.13. The predicted molar refractivity (Wildman–Crippen MR) is 87.8 cm³/mol. The van der Waals surface area contributed by atoms with Crippen molar-refractivity contribution in [1.82, 2.24) is 14.8 Å². The number of aromatic nitrogens is 3. The lowest BCUT2D eigenvalue weighted by Crippen LogP contribution is -2.01. The molecule has 2 heterocycles. The minimum absolute atomic E-state index is 0.462. The van der Waals surface area contributed by atoms with Gasteiger partial charge in [-0.15, -0.1) is 0 Å². The molecule has 0 unspecified atom stereocenters. The second kappa shape index (κ2) is 6.28. The molecular formula is C15H12BrClN4. The number of anilines is 1. The Bertz CT molecular complexity index is 726. The molecule has 0 saturated carbocycles. The van der Waals surface area contributed by atoms with Crippen LogP contribution in [0.1, 0.15) is 5.56 Å². The van der Waals surface area contributed by atoms with Crippen LogP contribution in [-0.4, -0.2) is 14.8 Å². The van der Waals surface area contributed by atoms with Crippen LogP contribution in [0.2, 0.25) is 5.15 Å². The summed E-state index contributed by atoms with van der Waals surface area (Å²) in [6, 6.07) is 12.0. The average molecular weight is 364 g/mol. The standard InChI is InChI=1S/C15H12BrClN4/c16-14-8-12(10-19-15(14)17)18-9-11-2-4-13(5-3-11)21-7-1-6-20-21/h1-8,10,18H,9H2. The van der Waals surface area contributed by atoms with Gasteiger partial charge in [-0.05, 0) is 45.8 Å². The second-order valence-electron chi connectivity index (χ2n) is 4.47. The number of rotatable bonds is 4. The molecule has 0 atom stereocenters. The molecule has 21 heavy (non-hydrogen) atoms. The van der Waals surface area contributed by atoms with Crippen molar-refractivity contribution in [3.05, 3.63) is 70.2 Å². The fourth-order valence-corrected chi connectivity index (χ4v) is 2.36. The van der Waals surface area contributed by atoms with Crippen molar-refractivity contribution >= 4 is 33.2 Å². The first-order valence-corrected chi connectivity index (χ1v) is 7.53. The third-order valence-electron chi connectivity index (χ3n) is 3.00. The molecule has 1 aromatic carbocycles. The minimum Gasteiger partial charge on any atom is -0.380 e. The number of halogens is 2. The van der Waals surface area contributed by atoms with Gasteiger partial charge in [-0.3, -0.25) is 0 Å². The molecule has 0 radical (unpaired) electrons. The lowest BCUT2D eigenvalue weighted by atomic mass is 10.2. The Hall–Kier alpha value is -1.85.